The van der Waals surface area contributed by atoms with Crippen LogP contribution in [-0.4, -0.2) is 22.9 Å². The summed E-state index contributed by atoms with van der Waals surface area (Å²) in [7, 11) is -4.95. The highest BCUT2D eigenvalue weighted by molar-refractivity contribution is 7.87. The van der Waals surface area contributed by atoms with Crippen LogP contribution in [-0.2, 0) is 0 Å². The molecule has 0 aromatic heterocycles. The Bertz CT molecular complexity index is 2170. The monoisotopic (exact) mass is 748 g/mol. The molecule has 4 nitrogen and oxygen atoms in total. The van der Waals surface area contributed by atoms with Gasteiger partial charge in [-0.25, -0.2) is 9.49 Å². The van der Waals surface area contributed by atoms with Gasteiger partial charge < -0.3 is 9.80 Å². The van der Waals surface area contributed by atoms with Crippen LogP contribution in [0, 0.1) is 0 Å². The molecule has 0 N–H and O–H groups in total. The molecular weight excluding hydrogens is 707 g/mol. The minimum absolute atomic E-state index is 0.838. The van der Waals surface area contributed by atoms with Gasteiger partial charge in [-0.05, 0) is 30.7 Å². The summed E-state index contributed by atoms with van der Waals surface area (Å²) in [5.41, 5.74) is 2.29. The maximum absolute atomic E-state index is 5.98. The number of fused-ring (bicyclic) bond motifs is 2. The molecule has 55 heavy (non-hydrogen) atoms. The molecule has 0 aliphatic carbocycles. The Kier molecular flexibility index (Phi) is 9.78. The maximum atomic E-state index is 5.98. The number of hydrogen-bond donors (Lipinski definition) is 0. The first-order chi connectivity index (χ1) is 27.3. The molecule has 0 radical (unpaired) electrons. The molecule has 3 aliphatic heterocycles. The molecule has 0 saturated heterocycles. The fraction of sp³-hybridized carbons (Fsp3) is 0.0612. The van der Waals surface area contributed by atoms with Crippen LogP contribution in [0.3, 0.4) is 0 Å². The molecule has 6 heteroatoms. The van der Waals surface area contributed by atoms with E-state index >= 15 is 0 Å². The first-order valence-corrected chi connectivity index (χ1v) is 22.4. The molecule has 268 valence electrons. The van der Waals surface area contributed by atoms with Gasteiger partial charge in [-0.2, -0.15) is 0 Å². The van der Waals surface area contributed by atoms with Gasteiger partial charge in [-0.15, -0.1) is 0 Å². The molecule has 3 aliphatic rings. The second-order valence-corrected chi connectivity index (χ2v) is 19.7. The van der Waals surface area contributed by atoms with Gasteiger partial charge in [0, 0.05) is 44.9 Å². The third-order valence-electron chi connectivity index (χ3n) is 10.4. The summed E-state index contributed by atoms with van der Waals surface area (Å²) in [6, 6.07) is 65.4. The predicted molar refractivity (Wildman–Crippen MR) is 235 cm³/mol. The summed E-state index contributed by atoms with van der Waals surface area (Å²) < 4.78 is 12.0. The van der Waals surface area contributed by atoms with E-state index in [1.165, 1.54) is 31.8 Å². The predicted octanol–water partition coefficient (Wildman–Crippen LogP) is 9.38. The lowest BCUT2D eigenvalue weighted by Crippen LogP contribution is -2.29. The zero-order valence-electron chi connectivity index (χ0n) is 30.6. The largest absolute Gasteiger partial charge is 0.325 e. The lowest BCUT2D eigenvalue weighted by Gasteiger charge is -2.34. The van der Waals surface area contributed by atoms with Crippen molar-refractivity contribution in [1.82, 2.24) is 9.80 Å². The van der Waals surface area contributed by atoms with E-state index in [-0.39, 0.29) is 0 Å². The van der Waals surface area contributed by atoms with Gasteiger partial charge in [-0.3, -0.25) is 0 Å². The topological polar surface area (TPSA) is 31.2 Å². The summed E-state index contributed by atoms with van der Waals surface area (Å²) in [6.45, 7) is 1.68. The van der Waals surface area contributed by atoms with Crippen molar-refractivity contribution in [1.29, 1.82) is 0 Å². The SMILES string of the molecule is C1=CC2=C3C=CC=C(N=P(c4ccccc4)(c4ccccc4)c4ccccc4)N3CCCN2C(N=P(c2ccccc2)(c2ccccc2)c2ccccc2)=C1. The number of benzene rings is 6. The molecule has 0 bridgehead atoms. The second kappa shape index (κ2) is 15.4. The van der Waals surface area contributed by atoms with Gasteiger partial charge >= 0.3 is 0 Å². The summed E-state index contributed by atoms with van der Waals surface area (Å²) >= 11 is 0. The average molecular weight is 749 g/mol. The Morgan fingerprint density at radius 1 is 0.345 bits per heavy atom. The summed E-state index contributed by atoms with van der Waals surface area (Å²) in [6.07, 6.45) is 14.2. The molecule has 0 unspecified atom stereocenters. The standard InChI is InChI=1S/C49H42N4P2/c1-7-22-40(23-8-1)54(41-24-9-2-10-25-41,42-26-11-3-12-27-42)50-48-36-19-34-46-47-35-20-37-49(53(47)39-21-38-52(46)48)51-55(43-28-13-4-14-29-43,44-30-15-5-16-31-44)45-32-17-6-18-33-45/h1-20,22-37H,21,38-39H2. The van der Waals surface area contributed by atoms with E-state index in [4.69, 9.17) is 9.49 Å². The minimum atomic E-state index is -2.48. The first-order valence-electron chi connectivity index (χ1n) is 18.9. The molecule has 9 rings (SSSR count). The van der Waals surface area contributed by atoms with E-state index in [2.05, 4.69) is 228 Å². The van der Waals surface area contributed by atoms with E-state index in [1.807, 2.05) is 0 Å². The molecule has 3 heterocycles. The number of nitrogens with zero attached hydrogens (tertiary/aromatic N) is 4. The van der Waals surface area contributed by atoms with Crippen molar-refractivity contribution in [2.75, 3.05) is 13.1 Å². The highest BCUT2D eigenvalue weighted by Gasteiger charge is 2.34. The van der Waals surface area contributed by atoms with Crippen molar-refractivity contribution in [3.8, 4) is 0 Å². The fourth-order valence-electron chi connectivity index (χ4n) is 7.95. The molecule has 6 aromatic carbocycles. The van der Waals surface area contributed by atoms with Crippen LogP contribution < -0.4 is 31.8 Å². The van der Waals surface area contributed by atoms with E-state index in [0.29, 0.717) is 0 Å². The quantitative estimate of drug-likeness (QED) is 0.145. The van der Waals surface area contributed by atoms with Crippen LogP contribution in [0.5, 0.6) is 0 Å². The third kappa shape index (κ3) is 6.42. The maximum Gasteiger partial charge on any atom is 0.132 e. The smallest absolute Gasteiger partial charge is 0.132 e. The van der Waals surface area contributed by atoms with Crippen molar-refractivity contribution >= 4 is 45.9 Å². The fourth-order valence-corrected chi connectivity index (χ4v) is 15.0. The molecule has 0 spiro atoms. The van der Waals surface area contributed by atoms with Crippen LogP contribution >= 0.6 is 14.1 Å². The van der Waals surface area contributed by atoms with Gasteiger partial charge in [0.15, 0.2) is 0 Å². The highest BCUT2D eigenvalue weighted by atomic mass is 31.2. The van der Waals surface area contributed by atoms with E-state index in [0.717, 1.165) is 42.5 Å². The first kappa shape index (κ1) is 34.8. The van der Waals surface area contributed by atoms with E-state index < -0.39 is 14.1 Å². The van der Waals surface area contributed by atoms with Crippen LogP contribution in [0.25, 0.3) is 0 Å². The highest BCUT2D eigenvalue weighted by Crippen LogP contribution is 2.51. The summed E-state index contributed by atoms with van der Waals surface area (Å²) in [4.78, 5) is 4.89. The van der Waals surface area contributed by atoms with Gasteiger partial charge in [0.05, 0.1) is 25.5 Å². The number of rotatable bonds is 8. The van der Waals surface area contributed by atoms with Crippen LogP contribution in [0.2, 0.25) is 0 Å². The zero-order chi connectivity index (χ0) is 36.9. The molecule has 0 saturated carbocycles. The summed E-state index contributed by atoms with van der Waals surface area (Å²) in [5, 5.41) is 7.41. The molecule has 0 atom stereocenters. The Labute approximate surface area is 324 Å². The van der Waals surface area contributed by atoms with Gasteiger partial charge in [0.25, 0.3) is 0 Å². The Morgan fingerprint density at radius 2 is 0.600 bits per heavy atom. The van der Waals surface area contributed by atoms with Gasteiger partial charge in [0.1, 0.15) is 11.6 Å². The molecule has 6 aromatic rings. The Morgan fingerprint density at radius 3 is 0.855 bits per heavy atom. The van der Waals surface area contributed by atoms with Crippen LogP contribution in [0.15, 0.2) is 251 Å². The number of allylic oxidation sites excluding steroid dienone is 6. The molecule has 0 fully saturated rings. The minimum Gasteiger partial charge on any atom is -0.325 e. The van der Waals surface area contributed by atoms with E-state index in [9.17, 15) is 0 Å². The molecule has 0 amide bonds. The van der Waals surface area contributed by atoms with Crippen molar-refractivity contribution < 1.29 is 0 Å². The summed E-state index contributed by atoms with van der Waals surface area (Å²) in [5.74, 6) is 1.97. The van der Waals surface area contributed by atoms with Crippen LogP contribution in [0.1, 0.15) is 6.42 Å². The lowest BCUT2D eigenvalue weighted by molar-refractivity contribution is 0.411. The van der Waals surface area contributed by atoms with Crippen molar-refractivity contribution in [3.63, 3.8) is 0 Å². The van der Waals surface area contributed by atoms with Crippen LogP contribution in [0.4, 0.5) is 0 Å². The van der Waals surface area contributed by atoms with Crippen molar-refractivity contribution in [2.45, 2.75) is 6.42 Å². The van der Waals surface area contributed by atoms with Gasteiger partial charge in [0.2, 0.25) is 0 Å². The third-order valence-corrected chi connectivity index (χ3v) is 17.7. The average Bonchev–Trinajstić information content (AvgIpc) is 3.47. The Balaban J connectivity index is 1.22. The van der Waals surface area contributed by atoms with Crippen molar-refractivity contribution in [2.24, 2.45) is 9.49 Å². The van der Waals surface area contributed by atoms with Gasteiger partial charge in [-0.1, -0.05) is 194 Å². The normalized spacial score (nSPS) is 15.3. The Hall–Kier alpha value is -5.92. The zero-order valence-corrected chi connectivity index (χ0v) is 32.4. The van der Waals surface area contributed by atoms with E-state index in [1.54, 1.807) is 0 Å². The lowest BCUT2D eigenvalue weighted by atomic mass is 10.1. The second-order valence-electron chi connectivity index (χ2n) is 13.7. The number of hydrogen-bond acceptors (Lipinski definition) is 4. The molecular formula is C49H42N4P2. The van der Waals surface area contributed by atoms with Crippen molar-refractivity contribution in [3.05, 3.63) is 241 Å².